The Bertz CT molecular complexity index is 707. The lowest BCUT2D eigenvalue weighted by molar-refractivity contribution is -0.142. The van der Waals surface area contributed by atoms with Crippen LogP contribution in [0.15, 0.2) is 16.8 Å². The van der Waals surface area contributed by atoms with Crippen LogP contribution in [-0.2, 0) is 14.3 Å². The van der Waals surface area contributed by atoms with Gasteiger partial charge in [0.05, 0.1) is 11.7 Å². The van der Waals surface area contributed by atoms with Crippen molar-refractivity contribution in [3.05, 3.63) is 22.4 Å². The summed E-state index contributed by atoms with van der Waals surface area (Å²) in [4.78, 5) is 40.0. The summed E-state index contributed by atoms with van der Waals surface area (Å²) in [6.45, 7) is 0.651. The van der Waals surface area contributed by atoms with Crippen LogP contribution in [0.25, 0.3) is 0 Å². The van der Waals surface area contributed by atoms with Gasteiger partial charge in [0.15, 0.2) is 5.78 Å². The van der Waals surface area contributed by atoms with E-state index in [1.165, 1.54) is 24.2 Å². The van der Waals surface area contributed by atoms with Gasteiger partial charge in [-0.05, 0) is 36.6 Å². The number of piperidine rings is 1. The Hall–Kier alpha value is -1.03. The third-order valence-corrected chi connectivity index (χ3v) is 6.74. The van der Waals surface area contributed by atoms with Gasteiger partial charge >= 0.3 is 0 Å². The van der Waals surface area contributed by atoms with E-state index < -0.39 is 12.1 Å². The lowest BCUT2D eigenvalue weighted by atomic mass is 9.93. The standard InChI is InChI=1S/C20H26N2O4S.CH4.2H2S/c23-16-11-26-17-6-3-8-22(18(16)17)20(25)15(10-13-4-1-2-5-13)21-19(24)14-7-9-27-12-14;;;/h7,9,12-13,15,17-18H,1-6,8,10-11H2,(H,21,24);1H4;2*1H2/t15-,17+,18+;;;/m0.../s1. The van der Waals surface area contributed by atoms with Gasteiger partial charge in [0.25, 0.3) is 5.91 Å². The number of thiophene rings is 1. The van der Waals surface area contributed by atoms with Crippen LogP contribution in [0.1, 0.15) is 62.7 Å². The summed E-state index contributed by atoms with van der Waals surface area (Å²) in [6.07, 6.45) is 6.68. The van der Waals surface area contributed by atoms with Crippen LogP contribution in [0.3, 0.4) is 0 Å². The van der Waals surface area contributed by atoms with Gasteiger partial charge in [-0.15, -0.1) is 0 Å². The molecule has 6 nitrogen and oxygen atoms in total. The number of likely N-dealkylation sites (tertiary alicyclic amines) is 1. The number of ketones is 1. The predicted octanol–water partition coefficient (Wildman–Crippen LogP) is 3.25. The van der Waals surface area contributed by atoms with Crippen molar-refractivity contribution in [1.29, 1.82) is 0 Å². The van der Waals surface area contributed by atoms with Gasteiger partial charge in [-0.1, -0.05) is 33.1 Å². The topological polar surface area (TPSA) is 75.7 Å². The average Bonchev–Trinajstić information content (AvgIpc) is 3.43. The molecule has 4 rings (SSSR count). The molecule has 30 heavy (non-hydrogen) atoms. The van der Waals surface area contributed by atoms with E-state index in [4.69, 9.17) is 4.74 Å². The van der Waals surface area contributed by atoms with E-state index in [1.807, 2.05) is 5.38 Å². The Kier molecular flexibility index (Phi) is 10.9. The zero-order chi connectivity index (χ0) is 18.8. The summed E-state index contributed by atoms with van der Waals surface area (Å²) in [5.74, 6) is 0.101. The Labute approximate surface area is 197 Å². The van der Waals surface area contributed by atoms with E-state index in [9.17, 15) is 14.4 Å². The van der Waals surface area contributed by atoms with Crippen LogP contribution in [0.4, 0.5) is 0 Å². The molecule has 2 aliphatic heterocycles. The van der Waals surface area contributed by atoms with Crippen LogP contribution in [0.5, 0.6) is 0 Å². The maximum Gasteiger partial charge on any atom is 0.252 e. The number of hydrogen-bond donors (Lipinski definition) is 1. The summed E-state index contributed by atoms with van der Waals surface area (Å²) in [5.41, 5.74) is 0.584. The molecule has 0 unspecified atom stereocenters. The molecule has 1 aliphatic carbocycles. The third-order valence-electron chi connectivity index (χ3n) is 6.06. The molecular weight excluding hydrogens is 440 g/mol. The molecule has 1 aromatic rings. The van der Waals surface area contributed by atoms with Crippen LogP contribution < -0.4 is 5.32 Å². The molecule has 3 atom stereocenters. The van der Waals surface area contributed by atoms with E-state index in [1.54, 1.807) is 16.3 Å². The first-order valence-electron chi connectivity index (χ1n) is 9.91. The highest BCUT2D eigenvalue weighted by atomic mass is 32.1. The number of Topliss-reactive ketones (excluding diaryl/α,β-unsaturated/α-hetero) is 1. The maximum absolute atomic E-state index is 13.4. The molecule has 2 saturated heterocycles. The predicted molar refractivity (Wildman–Crippen MR) is 129 cm³/mol. The summed E-state index contributed by atoms with van der Waals surface area (Å²) in [5, 5.41) is 6.61. The van der Waals surface area contributed by atoms with Gasteiger partial charge in [-0.25, -0.2) is 0 Å². The first-order chi connectivity index (χ1) is 13.1. The fraction of sp³-hybridized carbons (Fsp3) is 0.667. The molecule has 2 amide bonds. The highest BCUT2D eigenvalue weighted by molar-refractivity contribution is 7.59. The fourth-order valence-corrected chi connectivity index (χ4v) is 5.31. The zero-order valence-electron chi connectivity index (χ0n) is 16.4. The Morgan fingerprint density at radius 3 is 2.60 bits per heavy atom. The molecule has 0 spiro atoms. The molecule has 0 aromatic carbocycles. The monoisotopic (exact) mass is 474 g/mol. The number of carbonyl (C=O) groups excluding carboxylic acids is 3. The van der Waals surface area contributed by atoms with E-state index in [0.717, 1.165) is 25.7 Å². The quantitative estimate of drug-likeness (QED) is 0.711. The largest absolute Gasteiger partial charge is 0.368 e. The van der Waals surface area contributed by atoms with Gasteiger partial charge in [0.1, 0.15) is 18.7 Å². The minimum atomic E-state index is -0.576. The molecular formula is C21H34N2O4S3. The number of nitrogens with one attached hydrogen (secondary N) is 1. The van der Waals surface area contributed by atoms with E-state index in [0.29, 0.717) is 24.4 Å². The summed E-state index contributed by atoms with van der Waals surface area (Å²) in [6, 6.07) is 0.713. The molecule has 1 aromatic heterocycles. The van der Waals surface area contributed by atoms with Crippen LogP contribution >= 0.6 is 38.3 Å². The van der Waals surface area contributed by atoms with Gasteiger partial charge < -0.3 is 15.0 Å². The molecule has 3 heterocycles. The summed E-state index contributed by atoms with van der Waals surface area (Å²) in [7, 11) is 0. The van der Waals surface area contributed by atoms with Gasteiger partial charge in [0, 0.05) is 11.9 Å². The highest BCUT2D eigenvalue weighted by Crippen LogP contribution is 2.31. The van der Waals surface area contributed by atoms with Crippen molar-refractivity contribution >= 4 is 55.9 Å². The second-order valence-corrected chi connectivity index (χ2v) is 8.64. The average molecular weight is 475 g/mol. The smallest absolute Gasteiger partial charge is 0.252 e. The van der Waals surface area contributed by atoms with E-state index in [-0.39, 0.29) is 64.7 Å². The van der Waals surface area contributed by atoms with Crippen LogP contribution in [-0.4, -0.2) is 53.8 Å². The molecule has 3 aliphatic rings. The van der Waals surface area contributed by atoms with Crippen molar-refractivity contribution in [3.63, 3.8) is 0 Å². The van der Waals surface area contributed by atoms with Crippen molar-refractivity contribution in [1.82, 2.24) is 10.2 Å². The zero-order valence-corrected chi connectivity index (χ0v) is 19.2. The number of fused-ring (bicyclic) bond motifs is 1. The molecule has 3 fully saturated rings. The Balaban J connectivity index is 0.00000150. The van der Waals surface area contributed by atoms with Gasteiger partial charge in [0.2, 0.25) is 5.91 Å². The first-order valence-corrected chi connectivity index (χ1v) is 10.9. The second kappa shape index (κ2) is 12.1. The fourth-order valence-electron chi connectivity index (χ4n) is 4.67. The number of ether oxygens (including phenoxy) is 1. The molecule has 9 heteroatoms. The minimum absolute atomic E-state index is 0. The number of amides is 2. The van der Waals surface area contributed by atoms with Gasteiger partial charge in [-0.2, -0.15) is 38.3 Å². The Morgan fingerprint density at radius 2 is 1.93 bits per heavy atom. The van der Waals surface area contributed by atoms with Crippen LogP contribution in [0, 0.1) is 5.92 Å². The van der Waals surface area contributed by atoms with Crippen molar-refractivity contribution in [2.24, 2.45) is 5.92 Å². The number of hydrogen-bond acceptors (Lipinski definition) is 5. The minimum Gasteiger partial charge on any atom is -0.368 e. The van der Waals surface area contributed by atoms with Crippen molar-refractivity contribution < 1.29 is 19.1 Å². The molecule has 170 valence electrons. The summed E-state index contributed by atoms with van der Waals surface area (Å²) < 4.78 is 5.57. The lowest BCUT2D eigenvalue weighted by Crippen LogP contribution is -2.58. The lowest BCUT2D eigenvalue weighted by Gasteiger charge is -2.38. The van der Waals surface area contributed by atoms with Gasteiger partial charge in [-0.3, -0.25) is 14.4 Å². The Morgan fingerprint density at radius 1 is 1.20 bits per heavy atom. The normalized spacial score (nSPS) is 24.1. The highest BCUT2D eigenvalue weighted by Gasteiger charge is 2.46. The molecule has 0 radical (unpaired) electrons. The summed E-state index contributed by atoms with van der Waals surface area (Å²) >= 11 is 1.46. The van der Waals surface area contributed by atoms with Crippen molar-refractivity contribution in [2.75, 3.05) is 13.2 Å². The van der Waals surface area contributed by atoms with E-state index >= 15 is 0 Å². The third kappa shape index (κ3) is 5.81. The SMILES string of the molecule is C.O=C(N[C@@H](CC1CCCC1)C(=O)N1CCC[C@H]2OCC(=O)[C@H]21)c1ccsc1.S.S. The molecule has 1 saturated carbocycles. The number of rotatable bonds is 5. The number of carbonyl (C=O) groups is 3. The molecule has 1 N–H and O–H groups in total. The van der Waals surface area contributed by atoms with E-state index in [2.05, 4.69) is 5.32 Å². The van der Waals surface area contributed by atoms with Crippen molar-refractivity contribution in [3.8, 4) is 0 Å². The van der Waals surface area contributed by atoms with Crippen molar-refractivity contribution in [2.45, 2.75) is 70.6 Å². The first kappa shape index (κ1) is 27.0. The molecule has 0 bridgehead atoms. The number of nitrogens with zero attached hydrogens (tertiary/aromatic N) is 1. The maximum atomic E-state index is 13.4. The second-order valence-electron chi connectivity index (χ2n) is 7.86. The van der Waals surface area contributed by atoms with Crippen LogP contribution in [0.2, 0.25) is 0 Å².